The lowest BCUT2D eigenvalue weighted by Gasteiger charge is -2.18. The highest BCUT2D eigenvalue weighted by Gasteiger charge is 2.24. The molecule has 0 fully saturated rings. The van der Waals surface area contributed by atoms with Crippen LogP contribution in [0.1, 0.15) is 28.5 Å². The molecule has 29 heavy (non-hydrogen) atoms. The van der Waals surface area contributed by atoms with Crippen LogP contribution < -0.4 is 5.32 Å². The molecular formula is C19H14Cl2FN3O4. The molecule has 10 heteroatoms. The minimum absolute atomic E-state index is 0.0518. The molecule has 1 heterocycles. The highest BCUT2D eigenvalue weighted by atomic mass is 35.5. The second kappa shape index (κ2) is 8.50. The van der Waals surface area contributed by atoms with Crippen LogP contribution in [0, 0.1) is 5.82 Å². The zero-order valence-electron chi connectivity index (χ0n) is 14.6. The summed E-state index contributed by atoms with van der Waals surface area (Å²) in [6.07, 6.45) is -0.466. The number of carbonyl (C=O) groups excluding carboxylic acids is 1. The number of hydrogen-bond acceptors (Lipinski definition) is 4. The second-order valence-corrected chi connectivity index (χ2v) is 6.80. The number of benzene rings is 2. The van der Waals surface area contributed by atoms with Gasteiger partial charge in [-0.25, -0.2) is 4.39 Å². The molecule has 0 bridgehead atoms. The van der Waals surface area contributed by atoms with Gasteiger partial charge in [0.05, 0.1) is 22.5 Å². The van der Waals surface area contributed by atoms with E-state index < -0.39 is 36.0 Å². The minimum Gasteiger partial charge on any atom is -0.493 e. The van der Waals surface area contributed by atoms with Crippen LogP contribution in [-0.4, -0.2) is 31.9 Å². The molecule has 2 aromatic carbocycles. The summed E-state index contributed by atoms with van der Waals surface area (Å²) >= 11 is 12.1. The number of rotatable bonds is 6. The van der Waals surface area contributed by atoms with Gasteiger partial charge in [0, 0.05) is 6.07 Å². The van der Waals surface area contributed by atoms with Crippen molar-refractivity contribution in [2.75, 3.05) is 0 Å². The first-order valence-electron chi connectivity index (χ1n) is 8.28. The van der Waals surface area contributed by atoms with E-state index in [-0.39, 0.29) is 21.4 Å². The number of nitrogens with zero attached hydrogens (tertiary/aromatic N) is 2. The molecule has 3 N–H and O–H groups in total. The highest BCUT2D eigenvalue weighted by Crippen LogP contribution is 2.31. The number of halogens is 3. The maximum atomic E-state index is 14.0. The van der Waals surface area contributed by atoms with Crippen molar-refractivity contribution in [3.05, 3.63) is 75.7 Å². The first-order valence-corrected chi connectivity index (χ1v) is 9.04. The molecule has 1 aromatic heterocycles. The van der Waals surface area contributed by atoms with E-state index >= 15 is 0 Å². The van der Waals surface area contributed by atoms with Crippen molar-refractivity contribution in [3.8, 4) is 11.6 Å². The first kappa shape index (κ1) is 20.6. The summed E-state index contributed by atoms with van der Waals surface area (Å²) < 4.78 is 14.8. The number of amides is 1. The monoisotopic (exact) mass is 437 g/mol. The number of nitrogens with one attached hydrogen (secondary N) is 1. The molecule has 0 spiro atoms. The largest absolute Gasteiger partial charge is 0.493 e. The van der Waals surface area contributed by atoms with Crippen molar-refractivity contribution in [2.45, 2.75) is 12.5 Å². The van der Waals surface area contributed by atoms with Crippen molar-refractivity contribution < 1.29 is 24.2 Å². The highest BCUT2D eigenvalue weighted by molar-refractivity contribution is 6.42. The summed E-state index contributed by atoms with van der Waals surface area (Å²) in [7, 11) is 0. The van der Waals surface area contributed by atoms with E-state index in [1.54, 1.807) is 12.1 Å². The summed E-state index contributed by atoms with van der Waals surface area (Å²) in [5.74, 6) is -3.06. The Morgan fingerprint density at radius 1 is 1.17 bits per heavy atom. The zero-order chi connectivity index (χ0) is 21.1. The average molecular weight is 438 g/mol. The Labute approximate surface area is 174 Å². The Bertz CT molecular complexity index is 1090. The fourth-order valence-corrected chi connectivity index (χ4v) is 3.16. The van der Waals surface area contributed by atoms with Crippen LogP contribution >= 0.6 is 23.2 Å². The molecule has 3 rings (SSSR count). The predicted octanol–water partition coefficient (Wildman–Crippen LogP) is 3.97. The number of aromatic nitrogens is 2. The molecule has 1 amide bonds. The van der Waals surface area contributed by atoms with Crippen LogP contribution in [0.3, 0.4) is 0 Å². The van der Waals surface area contributed by atoms with Gasteiger partial charge in [-0.15, -0.1) is 0 Å². The quantitative estimate of drug-likeness (QED) is 0.541. The number of carboxylic acids is 1. The standard InChI is InChI=1S/C19H14Cl2FN3O4/c20-11-5-3-4-10(18(11)21)13(9-17(27)28)23-19(29)14-8-16(26)25(24-14)15-7-2-1-6-12(15)22/h1-8,13,26H,9H2,(H,23,29)(H,27,28). The lowest BCUT2D eigenvalue weighted by Crippen LogP contribution is -2.30. The third-order valence-electron chi connectivity index (χ3n) is 4.04. The van der Waals surface area contributed by atoms with Crippen LogP contribution in [-0.2, 0) is 4.79 Å². The predicted molar refractivity (Wildman–Crippen MR) is 104 cm³/mol. The Kier molecular flexibility index (Phi) is 6.05. The van der Waals surface area contributed by atoms with Crippen LogP contribution in [0.5, 0.6) is 5.88 Å². The van der Waals surface area contributed by atoms with Crippen LogP contribution in [0.2, 0.25) is 10.0 Å². The van der Waals surface area contributed by atoms with Gasteiger partial charge in [0.2, 0.25) is 5.88 Å². The number of para-hydroxylation sites is 1. The minimum atomic E-state index is -1.17. The summed E-state index contributed by atoms with van der Waals surface area (Å²) in [4.78, 5) is 23.9. The SMILES string of the molecule is O=C(O)CC(NC(=O)c1cc(O)n(-c2ccccc2F)n1)c1cccc(Cl)c1Cl. The van der Waals surface area contributed by atoms with E-state index in [1.165, 1.54) is 30.3 Å². The molecule has 0 aliphatic carbocycles. The summed E-state index contributed by atoms with van der Waals surface area (Å²) in [5, 5.41) is 26.0. The molecule has 0 aliphatic heterocycles. The smallest absolute Gasteiger partial charge is 0.305 e. The molecule has 150 valence electrons. The Morgan fingerprint density at radius 3 is 2.59 bits per heavy atom. The van der Waals surface area contributed by atoms with E-state index in [9.17, 15) is 24.2 Å². The summed E-state index contributed by atoms with van der Waals surface area (Å²) in [6, 6.07) is 10.2. The van der Waals surface area contributed by atoms with Gasteiger partial charge in [0.15, 0.2) is 5.69 Å². The lowest BCUT2D eigenvalue weighted by molar-refractivity contribution is -0.137. The molecule has 0 radical (unpaired) electrons. The Hall–Kier alpha value is -3.10. The van der Waals surface area contributed by atoms with Gasteiger partial charge < -0.3 is 15.5 Å². The number of carbonyl (C=O) groups is 2. The van der Waals surface area contributed by atoms with Crippen LogP contribution in [0.25, 0.3) is 5.69 Å². The van der Waals surface area contributed by atoms with Gasteiger partial charge in [0.1, 0.15) is 11.5 Å². The van der Waals surface area contributed by atoms with E-state index in [1.807, 2.05) is 0 Å². The molecule has 7 nitrogen and oxygen atoms in total. The average Bonchev–Trinajstić information content (AvgIpc) is 3.05. The van der Waals surface area contributed by atoms with Crippen molar-refractivity contribution in [3.63, 3.8) is 0 Å². The van der Waals surface area contributed by atoms with Crippen molar-refractivity contribution in [1.29, 1.82) is 0 Å². The van der Waals surface area contributed by atoms with Crippen LogP contribution in [0.4, 0.5) is 4.39 Å². The molecule has 1 unspecified atom stereocenters. The van der Waals surface area contributed by atoms with Gasteiger partial charge in [-0.1, -0.05) is 47.5 Å². The van der Waals surface area contributed by atoms with Crippen molar-refractivity contribution in [1.82, 2.24) is 15.1 Å². The maximum Gasteiger partial charge on any atom is 0.305 e. The molecule has 3 aromatic rings. The number of carboxylic acid groups (broad SMARTS) is 1. The van der Waals surface area contributed by atoms with Gasteiger partial charge in [0.25, 0.3) is 5.91 Å². The molecular weight excluding hydrogens is 424 g/mol. The van der Waals surface area contributed by atoms with Gasteiger partial charge >= 0.3 is 5.97 Å². The Morgan fingerprint density at radius 2 is 1.90 bits per heavy atom. The zero-order valence-corrected chi connectivity index (χ0v) is 16.2. The number of aliphatic carboxylic acids is 1. The summed E-state index contributed by atoms with van der Waals surface area (Å²) in [5.41, 5.74) is 0.0241. The molecule has 1 atom stereocenters. The second-order valence-electron chi connectivity index (χ2n) is 6.02. The lowest BCUT2D eigenvalue weighted by atomic mass is 10.0. The first-order chi connectivity index (χ1) is 13.8. The van der Waals surface area contributed by atoms with Crippen LogP contribution in [0.15, 0.2) is 48.5 Å². The van der Waals surface area contributed by atoms with E-state index in [0.29, 0.717) is 5.56 Å². The number of hydrogen-bond donors (Lipinski definition) is 3. The normalized spacial score (nSPS) is 11.8. The van der Waals surface area contributed by atoms with Crippen molar-refractivity contribution >= 4 is 35.1 Å². The van der Waals surface area contributed by atoms with Gasteiger partial charge in [-0.05, 0) is 23.8 Å². The summed E-state index contributed by atoms with van der Waals surface area (Å²) in [6.45, 7) is 0. The molecule has 0 saturated carbocycles. The topological polar surface area (TPSA) is 104 Å². The number of aromatic hydroxyl groups is 1. The third kappa shape index (κ3) is 4.49. The van der Waals surface area contributed by atoms with E-state index in [0.717, 1.165) is 10.7 Å². The van der Waals surface area contributed by atoms with Crippen molar-refractivity contribution in [2.24, 2.45) is 0 Å². The van der Waals surface area contributed by atoms with Gasteiger partial charge in [-0.3, -0.25) is 9.59 Å². The fraction of sp³-hybridized carbons (Fsp3) is 0.105. The molecule has 0 aliphatic rings. The van der Waals surface area contributed by atoms with E-state index in [2.05, 4.69) is 10.4 Å². The third-order valence-corrected chi connectivity index (χ3v) is 4.88. The molecule has 0 saturated heterocycles. The van der Waals surface area contributed by atoms with E-state index in [4.69, 9.17) is 23.2 Å². The fourth-order valence-electron chi connectivity index (χ4n) is 2.72. The Balaban J connectivity index is 1.91. The maximum absolute atomic E-state index is 14.0. The van der Waals surface area contributed by atoms with Gasteiger partial charge in [-0.2, -0.15) is 9.78 Å².